The van der Waals surface area contributed by atoms with Crippen molar-refractivity contribution in [2.45, 2.75) is 6.54 Å². The Hall–Kier alpha value is -0.280. The molecule has 0 atom stereocenters. The van der Waals surface area contributed by atoms with Crippen molar-refractivity contribution in [3.8, 4) is 0 Å². The molecule has 0 radical (unpaired) electrons. The Bertz CT molecular complexity index is 302. The van der Waals surface area contributed by atoms with Gasteiger partial charge in [0, 0.05) is 29.7 Å². The molecule has 0 amide bonds. The molecule has 1 aromatic carbocycles. The van der Waals surface area contributed by atoms with E-state index in [-0.39, 0.29) is 0 Å². The fraction of sp³-hybridized carbons (Fsp3) is 0.400. The van der Waals surface area contributed by atoms with E-state index in [0.717, 1.165) is 18.7 Å². The minimum absolute atomic E-state index is 0.654. The van der Waals surface area contributed by atoms with E-state index >= 15 is 0 Å². The molecule has 0 fully saturated rings. The highest BCUT2D eigenvalue weighted by Crippen LogP contribution is 2.21. The van der Waals surface area contributed by atoms with Crippen LogP contribution < -0.4 is 5.73 Å². The number of benzene rings is 1. The maximum atomic E-state index is 6.03. The lowest BCUT2D eigenvalue weighted by atomic mass is 10.2. The summed E-state index contributed by atoms with van der Waals surface area (Å²) in [5.41, 5.74) is 6.53. The second kappa shape index (κ2) is 5.56. The molecular formula is C10H14Cl2N2. The SMILES string of the molecule is CN(CCN)Cc1ccc(Cl)cc1Cl. The normalized spacial score (nSPS) is 10.9. The number of likely N-dealkylation sites (N-methyl/N-ethyl adjacent to an activating group) is 1. The molecule has 0 bridgehead atoms. The van der Waals surface area contributed by atoms with Gasteiger partial charge in [0.1, 0.15) is 0 Å². The van der Waals surface area contributed by atoms with Gasteiger partial charge < -0.3 is 10.6 Å². The van der Waals surface area contributed by atoms with E-state index in [4.69, 9.17) is 28.9 Å². The first-order valence-corrected chi connectivity index (χ1v) is 5.21. The maximum absolute atomic E-state index is 6.03. The summed E-state index contributed by atoms with van der Waals surface area (Å²) in [4.78, 5) is 2.12. The summed E-state index contributed by atoms with van der Waals surface area (Å²) in [5, 5.41) is 1.38. The van der Waals surface area contributed by atoms with E-state index in [0.29, 0.717) is 16.6 Å². The van der Waals surface area contributed by atoms with Crippen molar-refractivity contribution < 1.29 is 0 Å². The third kappa shape index (κ3) is 3.46. The van der Waals surface area contributed by atoms with Gasteiger partial charge in [-0.2, -0.15) is 0 Å². The third-order valence-corrected chi connectivity index (χ3v) is 2.55. The minimum atomic E-state index is 0.654. The van der Waals surface area contributed by atoms with E-state index in [1.165, 1.54) is 0 Å². The summed E-state index contributed by atoms with van der Waals surface area (Å²) in [6.45, 7) is 2.31. The third-order valence-electron chi connectivity index (χ3n) is 1.97. The Morgan fingerprint density at radius 1 is 1.36 bits per heavy atom. The van der Waals surface area contributed by atoms with Gasteiger partial charge >= 0.3 is 0 Å². The fourth-order valence-electron chi connectivity index (χ4n) is 1.24. The average molecular weight is 233 g/mol. The first-order chi connectivity index (χ1) is 6.63. The van der Waals surface area contributed by atoms with Crippen LogP contribution in [-0.4, -0.2) is 25.0 Å². The van der Waals surface area contributed by atoms with Crippen molar-refractivity contribution in [2.75, 3.05) is 20.1 Å². The van der Waals surface area contributed by atoms with Crippen LogP contribution in [0.1, 0.15) is 5.56 Å². The molecule has 2 N–H and O–H groups in total. The van der Waals surface area contributed by atoms with Crippen LogP contribution in [0.3, 0.4) is 0 Å². The van der Waals surface area contributed by atoms with Crippen LogP contribution in [0.2, 0.25) is 10.0 Å². The highest BCUT2D eigenvalue weighted by Gasteiger charge is 2.04. The smallest absolute Gasteiger partial charge is 0.0465 e. The lowest BCUT2D eigenvalue weighted by Gasteiger charge is -2.16. The van der Waals surface area contributed by atoms with Gasteiger partial charge in [0.15, 0.2) is 0 Å². The summed E-state index contributed by atoms with van der Waals surface area (Å²) < 4.78 is 0. The zero-order valence-electron chi connectivity index (χ0n) is 8.13. The van der Waals surface area contributed by atoms with Crippen LogP contribution in [-0.2, 0) is 6.54 Å². The second-order valence-corrected chi connectivity index (χ2v) is 4.11. The van der Waals surface area contributed by atoms with Crippen LogP contribution in [0.5, 0.6) is 0 Å². The first kappa shape index (κ1) is 11.8. The number of hydrogen-bond acceptors (Lipinski definition) is 2. The molecule has 0 aliphatic heterocycles. The number of rotatable bonds is 4. The predicted octanol–water partition coefficient (Wildman–Crippen LogP) is 2.38. The van der Waals surface area contributed by atoms with Crippen LogP contribution in [0.4, 0.5) is 0 Å². The number of hydrogen-bond donors (Lipinski definition) is 1. The van der Waals surface area contributed by atoms with Gasteiger partial charge in [-0.1, -0.05) is 29.3 Å². The van der Waals surface area contributed by atoms with Gasteiger partial charge in [-0.3, -0.25) is 0 Å². The Balaban J connectivity index is 2.67. The second-order valence-electron chi connectivity index (χ2n) is 3.26. The molecule has 2 nitrogen and oxygen atoms in total. The van der Waals surface area contributed by atoms with Crippen LogP contribution in [0, 0.1) is 0 Å². The highest BCUT2D eigenvalue weighted by molar-refractivity contribution is 6.35. The molecule has 78 valence electrons. The predicted molar refractivity (Wildman–Crippen MR) is 61.9 cm³/mol. The zero-order chi connectivity index (χ0) is 10.6. The molecule has 0 aliphatic rings. The molecule has 4 heteroatoms. The molecule has 0 aliphatic carbocycles. The first-order valence-electron chi connectivity index (χ1n) is 4.46. The van der Waals surface area contributed by atoms with Crippen molar-refractivity contribution in [1.29, 1.82) is 0 Å². The van der Waals surface area contributed by atoms with Crippen LogP contribution in [0.15, 0.2) is 18.2 Å². The number of nitrogens with zero attached hydrogens (tertiary/aromatic N) is 1. The van der Waals surface area contributed by atoms with Gasteiger partial charge in [0.25, 0.3) is 0 Å². The largest absolute Gasteiger partial charge is 0.329 e. The Labute approximate surface area is 94.6 Å². The molecule has 0 aromatic heterocycles. The van der Waals surface area contributed by atoms with Crippen molar-refractivity contribution in [2.24, 2.45) is 5.73 Å². The standard InChI is InChI=1S/C10H14Cl2N2/c1-14(5-4-13)7-8-2-3-9(11)6-10(8)12/h2-3,6H,4-5,7,13H2,1H3. The molecule has 0 heterocycles. The molecule has 1 rings (SSSR count). The van der Waals surface area contributed by atoms with E-state index in [1.54, 1.807) is 6.07 Å². The van der Waals surface area contributed by atoms with Gasteiger partial charge in [0.2, 0.25) is 0 Å². The summed E-state index contributed by atoms with van der Waals surface area (Å²) in [6, 6.07) is 5.55. The van der Waals surface area contributed by atoms with Gasteiger partial charge in [-0.15, -0.1) is 0 Å². The van der Waals surface area contributed by atoms with E-state index < -0.39 is 0 Å². The van der Waals surface area contributed by atoms with Gasteiger partial charge in [0.05, 0.1) is 0 Å². The number of halogens is 2. The highest BCUT2D eigenvalue weighted by atomic mass is 35.5. The summed E-state index contributed by atoms with van der Waals surface area (Å²) >= 11 is 11.8. The fourth-order valence-corrected chi connectivity index (χ4v) is 1.71. The van der Waals surface area contributed by atoms with Gasteiger partial charge in [-0.25, -0.2) is 0 Å². The minimum Gasteiger partial charge on any atom is -0.329 e. The maximum Gasteiger partial charge on any atom is 0.0465 e. The lowest BCUT2D eigenvalue weighted by molar-refractivity contribution is 0.336. The molecule has 14 heavy (non-hydrogen) atoms. The Morgan fingerprint density at radius 3 is 2.64 bits per heavy atom. The summed E-state index contributed by atoms with van der Waals surface area (Å²) in [6.07, 6.45) is 0. The molecule has 0 saturated heterocycles. The molecule has 0 saturated carbocycles. The monoisotopic (exact) mass is 232 g/mol. The zero-order valence-corrected chi connectivity index (χ0v) is 9.65. The molecule has 0 unspecified atom stereocenters. The summed E-state index contributed by atoms with van der Waals surface area (Å²) in [5.74, 6) is 0. The molecule has 1 aromatic rings. The van der Waals surface area contributed by atoms with Crippen molar-refractivity contribution in [3.05, 3.63) is 33.8 Å². The van der Waals surface area contributed by atoms with Crippen molar-refractivity contribution >= 4 is 23.2 Å². The van der Waals surface area contributed by atoms with E-state index in [2.05, 4.69) is 4.90 Å². The molecule has 0 spiro atoms. The Kier molecular flexibility index (Phi) is 4.69. The van der Waals surface area contributed by atoms with Crippen LogP contribution in [0.25, 0.3) is 0 Å². The van der Waals surface area contributed by atoms with Crippen LogP contribution >= 0.6 is 23.2 Å². The van der Waals surface area contributed by atoms with Crippen molar-refractivity contribution in [3.63, 3.8) is 0 Å². The topological polar surface area (TPSA) is 29.3 Å². The van der Waals surface area contributed by atoms with Gasteiger partial charge in [-0.05, 0) is 24.7 Å². The summed E-state index contributed by atoms with van der Waals surface area (Å²) in [7, 11) is 2.01. The lowest BCUT2D eigenvalue weighted by Crippen LogP contribution is -2.25. The van der Waals surface area contributed by atoms with E-state index in [1.807, 2.05) is 19.2 Å². The number of nitrogens with two attached hydrogens (primary N) is 1. The quantitative estimate of drug-likeness (QED) is 0.865. The Morgan fingerprint density at radius 2 is 2.07 bits per heavy atom. The average Bonchev–Trinajstić information content (AvgIpc) is 2.10. The van der Waals surface area contributed by atoms with E-state index in [9.17, 15) is 0 Å². The molecular weight excluding hydrogens is 219 g/mol. The van der Waals surface area contributed by atoms with Crippen molar-refractivity contribution in [1.82, 2.24) is 4.90 Å².